The predicted molar refractivity (Wildman–Crippen MR) is 161 cm³/mol. The summed E-state index contributed by atoms with van der Waals surface area (Å²) < 4.78 is 37.3. The van der Waals surface area contributed by atoms with Crippen LogP contribution >= 0.6 is 11.3 Å². The highest BCUT2D eigenvalue weighted by Crippen LogP contribution is 2.45. The summed E-state index contributed by atoms with van der Waals surface area (Å²) in [6.45, 7) is 9.88. The van der Waals surface area contributed by atoms with Crippen molar-refractivity contribution in [3.05, 3.63) is 40.7 Å². The zero-order valence-corrected chi connectivity index (χ0v) is 24.8. The maximum Gasteiger partial charge on any atom is 0.226 e. The van der Waals surface area contributed by atoms with Crippen LogP contribution in [0.3, 0.4) is 0 Å². The number of nitriles is 1. The maximum atomic E-state index is 16.6. The van der Waals surface area contributed by atoms with E-state index in [1.165, 1.54) is 0 Å². The summed E-state index contributed by atoms with van der Waals surface area (Å²) in [4.78, 5) is 20.5. The van der Waals surface area contributed by atoms with E-state index in [0.29, 0.717) is 29.5 Å². The molecule has 3 aromatic heterocycles. The predicted octanol–water partition coefficient (Wildman–Crippen LogP) is 3.64. The van der Waals surface area contributed by atoms with Crippen LogP contribution in [0.2, 0.25) is 0 Å². The molecule has 224 valence electrons. The van der Waals surface area contributed by atoms with Crippen LogP contribution in [0.15, 0.2) is 12.4 Å². The van der Waals surface area contributed by atoms with Gasteiger partial charge in [0.25, 0.3) is 0 Å². The number of aliphatic hydroxyl groups is 1. The van der Waals surface area contributed by atoms with Crippen molar-refractivity contribution in [1.82, 2.24) is 24.8 Å². The number of thiophene rings is 1. The van der Waals surface area contributed by atoms with Gasteiger partial charge in [0, 0.05) is 74.4 Å². The number of nitrogens with zero attached hydrogens (tertiary/aromatic N) is 7. The van der Waals surface area contributed by atoms with E-state index in [9.17, 15) is 14.8 Å². The summed E-state index contributed by atoms with van der Waals surface area (Å²) in [6, 6.07) is 2.38. The first-order valence-corrected chi connectivity index (χ1v) is 15.2. The highest BCUT2D eigenvalue weighted by atomic mass is 32.1. The molecule has 7 rings (SSSR count). The molecule has 1 aromatic carbocycles. The Hall–Kier alpha value is -3.54. The van der Waals surface area contributed by atoms with Gasteiger partial charge in [-0.15, -0.1) is 11.3 Å². The van der Waals surface area contributed by atoms with Crippen molar-refractivity contribution in [2.45, 2.75) is 45.1 Å². The molecule has 4 aromatic rings. The molecule has 43 heavy (non-hydrogen) atoms. The number of nitrogen functional groups attached to an aromatic ring is 1. The third-order valence-electron chi connectivity index (χ3n) is 8.71. The summed E-state index contributed by atoms with van der Waals surface area (Å²) in [5, 5.41) is 20.9. The van der Waals surface area contributed by atoms with Crippen LogP contribution in [-0.4, -0.2) is 87.3 Å². The second-order valence-electron chi connectivity index (χ2n) is 12.2. The minimum atomic E-state index is -0.713. The average molecular weight is 607 g/mol. The van der Waals surface area contributed by atoms with E-state index < -0.39 is 17.2 Å². The molecule has 2 fully saturated rings. The Morgan fingerprint density at radius 3 is 2.65 bits per heavy atom. The van der Waals surface area contributed by atoms with Crippen LogP contribution in [-0.2, 0) is 18.0 Å². The molecule has 0 bridgehead atoms. The first kappa shape index (κ1) is 28.2. The molecular formula is C30H32F2N8O2S. The molecule has 10 nitrogen and oxygen atoms in total. The number of piperazine rings is 1. The quantitative estimate of drug-likeness (QED) is 0.348. The number of nitrogens with two attached hydrogens (primary N) is 1. The lowest BCUT2D eigenvalue weighted by Gasteiger charge is -2.39. The molecule has 2 saturated heterocycles. The summed E-state index contributed by atoms with van der Waals surface area (Å²) in [7, 11) is 0. The largest absolute Gasteiger partial charge is 0.389 e. The van der Waals surface area contributed by atoms with E-state index in [1.807, 2.05) is 19.9 Å². The normalized spacial score (nSPS) is 19.9. The Labute approximate surface area is 251 Å². The minimum Gasteiger partial charge on any atom is -0.389 e. The fourth-order valence-corrected chi connectivity index (χ4v) is 7.67. The van der Waals surface area contributed by atoms with Crippen LogP contribution in [0, 0.1) is 23.0 Å². The van der Waals surface area contributed by atoms with Crippen molar-refractivity contribution < 1.29 is 18.6 Å². The van der Waals surface area contributed by atoms with Gasteiger partial charge in [0.2, 0.25) is 5.95 Å². The van der Waals surface area contributed by atoms with Gasteiger partial charge in [-0.2, -0.15) is 5.26 Å². The Bertz CT molecular complexity index is 1790. The third kappa shape index (κ3) is 4.87. The fraction of sp³-hybridized carbons (Fsp3) is 0.467. The summed E-state index contributed by atoms with van der Waals surface area (Å²) in [5.41, 5.74) is 7.25. The molecule has 3 aliphatic heterocycles. The van der Waals surface area contributed by atoms with Crippen LogP contribution in [0.4, 0.5) is 19.7 Å². The highest BCUT2D eigenvalue weighted by Gasteiger charge is 2.34. The molecule has 0 amide bonds. The molecule has 3 N–H and O–H groups in total. The third-order valence-corrected chi connectivity index (χ3v) is 9.74. The number of rotatable bonds is 5. The van der Waals surface area contributed by atoms with Crippen molar-refractivity contribution in [2.75, 3.05) is 56.4 Å². The molecule has 6 heterocycles. The van der Waals surface area contributed by atoms with Gasteiger partial charge in [-0.1, -0.05) is 0 Å². The topological polar surface area (TPSA) is 128 Å². The van der Waals surface area contributed by atoms with Crippen molar-refractivity contribution in [3.63, 3.8) is 0 Å². The fourth-order valence-electron chi connectivity index (χ4n) is 6.75. The number of aromatic nitrogens is 3. The van der Waals surface area contributed by atoms with E-state index in [-0.39, 0.29) is 50.6 Å². The number of benzene rings is 1. The average Bonchev–Trinajstić information content (AvgIpc) is 3.73. The Kier molecular flexibility index (Phi) is 6.94. The maximum absolute atomic E-state index is 16.6. The second kappa shape index (κ2) is 10.6. The summed E-state index contributed by atoms with van der Waals surface area (Å²) in [5.74, 6) is -0.761. The van der Waals surface area contributed by atoms with Crippen LogP contribution < -0.4 is 10.6 Å². The first-order chi connectivity index (χ1) is 20.6. The van der Waals surface area contributed by atoms with Crippen molar-refractivity contribution >= 4 is 43.3 Å². The van der Waals surface area contributed by atoms with Crippen LogP contribution in [0.25, 0.3) is 32.2 Å². The Morgan fingerprint density at radius 1 is 1.14 bits per heavy atom. The number of hydrogen-bond acceptors (Lipinski definition) is 11. The molecule has 0 radical (unpaired) electrons. The molecular weight excluding hydrogens is 574 g/mol. The Balaban J connectivity index is 1.22. The Morgan fingerprint density at radius 2 is 1.91 bits per heavy atom. The number of fused-ring (bicyclic) bond motifs is 4. The first-order valence-electron chi connectivity index (χ1n) is 14.4. The van der Waals surface area contributed by atoms with Gasteiger partial charge in [-0.3, -0.25) is 14.8 Å². The van der Waals surface area contributed by atoms with E-state index in [0.717, 1.165) is 68.8 Å². The van der Waals surface area contributed by atoms with Gasteiger partial charge in [0.05, 0.1) is 41.0 Å². The zero-order valence-electron chi connectivity index (χ0n) is 24.0. The number of pyridine rings is 1. The minimum absolute atomic E-state index is 0.0848. The van der Waals surface area contributed by atoms with E-state index in [2.05, 4.69) is 24.7 Å². The van der Waals surface area contributed by atoms with Gasteiger partial charge in [-0.05, 0) is 31.4 Å². The molecule has 0 spiro atoms. The lowest BCUT2D eigenvalue weighted by Crippen LogP contribution is -2.53. The second-order valence-corrected chi connectivity index (χ2v) is 13.2. The van der Waals surface area contributed by atoms with E-state index >= 15 is 4.39 Å². The molecule has 0 unspecified atom stereocenters. The number of β-amino-alcohol motifs (C(OH)–C–C–N with tert-alkyl or cyclic N) is 1. The number of anilines is 2. The van der Waals surface area contributed by atoms with Crippen molar-refractivity contribution in [1.29, 1.82) is 5.26 Å². The molecule has 0 aliphatic carbocycles. The van der Waals surface area contributed by atoms with Crippen molar-refractivity contribution in [3.8, 4) is 17.3 Å². The molecule has 3 aliphatic rings. The monoisotopic (exact) mass is 606 g/mol. The van der Waals surface area contributed by atoms with Crippen LogP contribution in [0.1, 0.15) is 37.0 Å². The standard InChI is InChI=1S/C30H32F2N8O2S/c1-30(2,41)15-38-5-7-39(8-6-38)16-3-4-40(12-16)29-36-10-18-19-13-42-14-20(19)22(24(32)25(18)37-29)26-23-17(9-33)28(34)43-27(23)21(31)11-35-26/h10-11,16,41H,3-8,12-15,34H2,1-2H3/t16-/m1/s1. The molecule has 13 heteroatoms. The number of halogens is 2. The lowest BCUT2D eigenvalue weighted by molar-refractivity contribution is 0.0124. The van der Waals surface area contributed by atoms with Crippen molar-refractivity contribution in [2.24, 2.45) is 0 Å². The summed E-state index contributed by atoms with van der Waals surface area (Å²) in [6.07, 6.45) is 3.66. The highest BCUT2D eigenvalue weighted by molar-refractivity contribution is 7.23. The SMILES string of the molecule is CC(C)(O)CN1CCN([C@@H]2CCN(c3ncc4c5c(c(-c6ncc(F)c7sc(N)c(C#N)c67)c(F)c4n3)COC5)C2)CC1. The lowest BCUT2D eigenvalue weighted by atomic mass is 9.94. The van der Waals surface area contributed by atoms with Gasteiger partial charge >= 0.3 is 0 Å². The van der Waals surface area contributed by atoms with E-state index in [1.54, 1.807) is 6.20 Å². The number of ether oxygens (including phenoxy) is 1. The van der Waals surface area contributed by atoms with Gasteiger partial charge in [0.15, 0.2) is 11.6 Å². The number of hydrogen-bond donors (Lipinski definition) is 2. The molecule has 1 atom stereocenters. The van der Waals surface area contributed by atoms with Crippen LogP contribution in [0.5, 0.6) is 0 Å². The van der Waals surface area contributed by atoms with E-state index in [4.69, 9.17) is 15.5 Å². The summed E-state index contributed by atoms with van der Waals surface area (Å²) >= 11 is 0.951. The smallest absolute Gasteiger partial charge is 0.226 e. The van der Waals surface area contributed by atoms with Gasteiger partial charge in [-0.25, -0.2) is 18.7 Å². The molecule has 0 saturated carbocycles. The van der Waals surface area contributed by atoms with Gasteiger partial charge < -0.3 is 20.5 Å². The van der Waals surface area contributed by atoms with Gasteiger partial charge in [0.1, 0.15) is 16.6 Å². The zero-order chi connectivity index (χ0) is 30.0.